The molecule has 2 fully saturated rings. The minimum absolute atomic E-state index is 0.159. The van der Waals surface area contributed by atoms with Crippen LogP contribution < -0.4 is 10.6 Å². The number of H-pyrrole nitrogens is 1. The second-order valence-corrected chi connectivity index (χ2v) is 18.6. The zero-order valence-corrected chi connectivity index (χ0v) is 33.1. The van der Waals surface area contributed by atoms with Gasteiger partial charge in [-0.1, -0.05) is 43.2 Å². The van der Waals surface area contributed by atoms with E-state index in [9.17, 15) is 26.4 Å². The van der Waals surface area contributed by atoms with Crippen molar-refractivity contribution in [1.82, 2.24) is 34.2 Å². The largest absolute Gasteiger partial charge is 0.349 e. The molecule has 8 rings (SSSR count). The first-order valence-corrected chi connectivity index (χ1v) is 22.3. The average molecular weight is 814 g/mol. The maximum atomic E-state index is 12.7. The monoisotopic (exact) mass is 813 g/mol. The van der Waals surface area contributed by atoms with Gasteiger partial charge < -0.3 is 15.6 Å². The number of fused-ring (bicyclic) bond motifs is 2. The zero-order chi connectivity index (χ0) is 39.1. The molecule has 2 amide bonds. The normalized spacial score (nSPS) is 15.6. The number of hydrogen-bond donors (Lipinski definition) is 3. The Kier molecular flexibility index (Phi) is 12.2. The quantitative estimate of drug-likeness (QED) is 0.150. The second kappa shape index (κ2) is 17.4. The number of carbonyl (C=O) groups is 2. The van der Waals surface area contributed by atoms with Gasteiger partial charge in [-0.2, -0.15) is 8.61 Å². The van der Waals surface area contributed by atoms with E-state index >= 15 is 0 Å². The minimum Gasteiger partial charge on any atom is -0.349 e. The highest BCUT2D eigenvalue weighted by atomic mass is 32.2. The summed E-state index contributed by atoms with van der Waals surface area (Å²) in [5.41, 5.74) is 2.96. The molecule has 292 valence electrons. The molecule has 2 saturated heterocycles. The SMILES string of the molecule is O=C(NCc1ccc(S(=O)(=O)N2CCCCC2)cc1)c1cc2cccnc2s1.O=C(NCc1ccc(S(=O)(=O)N2CCCCC2)cc1)c1cc2ccncc2[nH]1. The summed E-state index contributed by atoms with van der Waals surface area (Å²) in [5.74, 6) is -0.380. The number of carbonyl (C=O) groups excluding carboxylic acids is 2. The molecular weight excluding hydrogens is 771 g/mol. The van der Waals surface area contributed by atoms with Gasteiger partial charge in [-0.15, -0.1) is 11.3 Å². The number of rotatable bonds is 10. The van der Waals surface area contributed by atoms with Crippen LogP contribution in [0, 0.1) is 0 Å². The summed E-state index contributed by atoms with van der Waals surface area (Å²) >= 11 is 1.35. The number of benzene rings is 2. The number of piperidine rings is 2. The Labute approximate surface area is 330 Å². The summed E-state index contributed by atoms with van der Waals surface area (Å²) in [7, 11) is -6.86. The average Bonchev–Trinajstić information content (AvgIpc) is 3.89. The molecule has 2 aromatic carbocycles. The predicted octanol–water partition coefficient (Wildman–Crippen LogP) is 6.07. The molecule has 16 heteroatoms. The number of aromatic amines is 1. The van der Waals surface area contributed by atoms with Gasteiger partial charge in [0.25, 0.3) is 11.8 Å². The lowest BCUT2D eigenvalue weighted by Gasteiger charge is -2.25. The Morgan fingerprint density at radius 2 is 1.21 bits per heavy atom. The maximum absolute atomic E-state index is 12.7. The van der Waals surface area contributed by atoms with Crippen LogP contribution >= 0.6 is 11.3 Å². The maximum Gasteiger partial charge on any atom is 0.267 e. The van der Waals surface area contributed by atoms with Gasteiger partial charge in [0.15, 0.2) is 0 Å². The highest BCUT2D eigenvalue weighted by molar-refractivity contribution is 7.89. The molecule has 56 heavy (non-hydrogen) atoms. The summed E-state index contributed by atoms with van der Waals surface area (Å²) in [6.07, 6.45) is 10.9. The third-order valence-electron chi connectivity index (χ3n) is 9.84. The number of nitrogens with one attached hydrogen (secondary N) is 3. The van der Waals surface area contributed by atoms with E-state index in [4.69, 9.17) is 0 Å². The number of sulfonamides is 2. The van der Waals surface area contributed by atoms with Crippen LogP contribution in [0.15, 0.2) is 107 Å². The fourth-order valence-electron chi connectivity index (χ4n) is 6.69. The first-order chi connectivity index (χ1) is 27.1. The van der Waals surface area contributed by atoms with E-state index in [1.54, 1.807) is 81.8 Å². The molecule has 0 bridgehead atoms. The molecule has 13 nitrogen and oxygen atoms in total. The van der Waals surface area contributed by atoms with Crippen molar-refractivity contribution in [2.75, 3.05) is 26.2 Å². The molecule has 6 heterocycles. The van der Waals surface area contributed by atoms with Crippen molar-refractivity contribution < 1.29 is 26.4 Å². The van der Waals surface area contributed by atoms with Gasteiger partial charge in [0.2, 0.25) is 20.0 Å². The van der Waals surface area contributed by atoms with Gasteiger partial charge >= 0.3 is 0 Å². The van der Waals surface area contributed by atoms with Crippen molar-refractivity contribution in [2.45, 2.75) is 61.4 Å². The van der Waals surface area contributed by atoms with Crippen molar-refractivity contribution in [1.29, 1.82) is 0 Å². The molecule has 0 unspecified atom stereocenters. The number of nitrogens with zero attached hydrogens (tertiary/aromatic N) is 4. The summed E-state index contributed by atoms with van der Waals surface area (Å²) in [4.78, 5) is 38.1. The molecule has 0 saturated carbocycles. The molecule has 4 aromatic heterocycles. The van der Waals surface area contributed by atoms with E-state index < -0.39 is 20.0 Å². The Bertz CT molecular complexity index is 2280. The van der Waals surface area contributed by atoms with Gasteiger partial charge in [0.1, 0.15) is 10.5 Å². The second-order valence-electron chi connectivity index (χ2n) is 13.7. The van der Waals surface area contributed by atoms with E-state index in [0.717, 1.165) is 70.8 Å². The Hall–Kier alpha value is -5.00. The van der Waals surface area contributed by atoms with Crippen molar-refractivity contribution in [3.63, 3.8) is 0 Å². The molecule has 0 aliphatic carbocycles. The fraction of sp³-hybridized carbons (Fsp3) is 0.300. The molecule has 0 spiro atoms. The van der Waals surface area contributed by atoms with Crippen molar-refractivity contribution >= 4 is 64.3 Å². The lowest BCUT2D eigenvalue weighted by atomic mass is 10.2. The van der Waals surface area contributed by atoms with Gasteiger partial charge in [0, 0.05) is 62.4 Å². The third-order valence-corrected chi connectivity index (χ3v) is 14.7. The van der Waals surface area contributed by atoms with Gasteiger partial charge in [0.05, 0.1) is 26.4 Å². The summed E-state index contributed by atoms with van der Waals surface area (Å²) < 4.78 is 53.8. The van der Waals surface area contributed by atoms with E-state index in [1.807, 2.05) is 24.3 Å². The summed E-state index contributed by atoms with van der Waals surface area (Å²) in [6, 6.07) is 22.7. The molecular formula is C40H43N7O6S3. The van der Waals surface area contributed by atoms with E-state index in [0.29, 0.717) is 59.6 Å². The number of amides is 2. The zero-order valence-electron chi connectivity index (χ0n) is 30.7. The molecule has 2 aliphatic heterocycles. The predicted molar refractivity (Wildman–Crippen MR) is 216 cm³/mol. The van der Waals surface area contributed by atoms with Gasteiger partial charge in [-0.25, -0.2) is 21.8 Å². The van der Waals surface area contributed by atoms with Crippen LogP contribution in [0.5, 0.6) is 0 Å². The molecule has 2 aliphatic rings. The van der Waals surface area contributed by atoms with Crippen LogP contribution in [-0.4, -0.2) is 78.4 Å². The highest BCUT2D eigenvalue weighted by Crippen LogP contribution is 2.25. The highest BCUT2D eigenvalue weighted by Gasteiger charge is 2.27. The van der Waals surface area contributed by atoms with Crippen LogP contribution in [0.25, 0.3) is 21.1 Å². The topological polar surface area (TPSA) is 175 Å². The van der Waals surface area contributed by atoms with Crippen LogP contribution in [0.2, 0.25) is 0 Å². The molecule has 0 radical (unpaired) electrons. The van der Waals surface area contributed by atoms with Crippen LogP contribution in [0.4, 0.5) is 0 Å². The number of pyridine rings is 2. The first kappa shape index (κ1) is 39.2. The minimum atomic E-state index is -3.43. The molecule has 3 N–H and O–H groups in total. The van der Waals surface area contributed by atoms with Crippen molar-refractivity contribution in [2.24, 2.45) is 0 Å². The fourth-order valence-corrected chi connectivity index (χ4v) is 10.6. The lowest BCUT2D eigenvalue weighted by molar-refractivity contribution is 0.0942. The number of hydrogen-bond acceptors (Lipinski definition) is 9. The van der Waals surface area contributed by atoms with Crippen LogP contribution in [-0.2, 0) is 33.1 Å². The van der Waals surface area contributed by atoms with Crippen LogP contribution in [0.1, 0.15) is 69.8 Å². The standard InChI is InChI=1S/C20H22N4O3S.C20H21N3O3S2/c25-20(18-12-16-8-9-21-14-19(16)23-18)22-13-15-4-6-17(7-5-15)28(26,27)24-10-2-1-3-11-24;24-19(18-13-16-5-4-10-21-20(16)27-18)22-14-15-6-8-17(9-7-15)28(25,26)23-11-2-1-3-12-23/h4-9,12,14,23H,1-3,10-11,13H2,(H,22,25);4-10,13H,1-3,11-12,14H2,(H,22,24). The van der Waals surface area contributed by atoms with Crippen molar-refractivity contribution in [3.05, 3.63) is 119 Å². The van der Waals surface area contributed by atoms with E-state index in [1.165, 1.54) is 11.3 Å². The van der Waals surface area contributed by atoms with Crippen molar-refractivity contribution in [3.8, 4) is 0 Å². The van der Waals surface area contributed by atoms with E-state index in [2.05, 4.69) is 25.6 Å². The summed E-state index contributed by atoms with van der Waals surface area (Å²) in [5, 5.41) is 7.60. The Balaban J connectivity index is 0.000000172. The van der Waals surface area contributed by atoms with Crippen LogP contribution in [0.3, 0.4) is 0 Å². The number of thiophene rings is 1. The molecule has 6 aromatic rings. The smallest absolute Gasteiger partial charge is 0.267 e. The third kappa shape index (κ3) is 9.16. The Morgan fingerprint density at radius 3 is 1.75 bits per heavy atom. The lowest BCUT2D eigenvalue weighted by Crippen LogP contribution is -2.35. The van der Waals surface area contributed by atoms with Gasteiger partial charge in [-0.05, 0) is 85.3 Å². The summed E-state index contributed by atoms with van der Waals surface area (Å²) in [6.45, 7) is 3.00. The number of aromatic nitrogens is 3. The molecule has 0 atom stereocenters. The van der Waals surface area contributed by atoms with Gasteiger partial charge in [-0.3, -0.25) is 14.6 Å². The first-order valence-electron chi connectivity index (χ1n) is 18.6. The van der Waals surface area contributed by atoms with E-state index in [-0.39, 0.29) is 11.8 Å². The Morgan fingerprint density at radius 1 is 0.661 bits per heavy atom.